The lowest BCUT2D eigenvalue weighted by Crippen LogP contribution is -2.46. The van der Waals surface area contributed by atoms with Crippen LogP contribution in [-0.2, 0) is 0 Å². The largest absolute Gasteiger partial charge is 0.288 e. The molecule has 0 amide bonds. The maximum Gasteiger partial charge on any atom is 0.123 e. The second kappa shape index (κ2) is 2.09. The van der Waals surface area contributed by atoms with Crippen molar-refractivity contribution in [2.24, 2.45) is 0 Å². The average Bonchev–Trinajstić information content (AvgIpc) is 2.04. The molecule has 0 saturated carbocycles. The van der Waals surface area contributed by atoms with E-state index >= 15 is 0 Å². The average molecular weight is 150 g/mol. The SMILES string of the molecule is CC1=CC(C)(C#N)NC1(C)C. The number of nitrogens with one attached hydrogen (secondary N) is 1. The number of nitriles is 1. The fraction of sp³-hybridized carbons (Fsp3) is 0.667. The first kappa shape index (κ1) is 8.29. The minimum Gasteiger partial charge on any atom is -0.288 e. The highest BCUT2D eigenvalue weighted by Gasteiger charge is 2.37. The first-order valence-electron chi connectivity index (χ1n) is 3.80. The maximum atomic E-state index is 8.82. The predicted octanol–water partition coefficient (Wildman–Crippen LogP) is 1.60. The standard InChI is InChI=1S/C9H14N2/c1-7-5-9(4,6-10)11-8(7,2)3/h5,11H,1-4H3. The van der Waals surface area contributed by atoms with E-state index in [1.807, 2.05) is 13.0 Å². The van der Waals surface area contributed by atoms with Crippen molar-refractivity contribution in [1.82, 2.24) is 5.32 Å². The molecule has 1 atom stereocenters. The van der Waals surface area contributed by atoms with Gasteiger partial charge in [0, 0.05) is 5.54 Å². The van der Waals surface area contributed by atoms with Gasteiger partial charge in [0.15, 0.2) is 0 Å². The van der Waals surface area contributed by atoms with E-state index in [0.29, 0.717) is 0 Å². The molecule has 1 N–H and O–H groups in total. The summed E-state index contributed by atoms with van der Waals surface area (Å²) < 4.78 is 0. The Morgan fingerprint density at radius 3 is 2.18 bits per heavy atom. The smallest absolute Gasteiger partial charge is 0.123 e. The van der Waals surface area contributed by atoms with Gasteiger partial charge in [-0.1, -0.05) is 5.57 Å². The molecule has 2 heteroatoms. The van der Waals surface area contributed by atoms with Crippen LogP contribution >= 0.6 is 0 Å². The fourth-order valence-electron chi connectivity index (χ4n) is 1.46. The Morgan fingerprint density at radius 2 is 2.00 bits per heavy atom. The van der Waals surface area contributed by atoms with Gasteiger partial charge in [0.2, 0.25) is 0 Å². The lowest BCUT2D eigenvalue weighted by Gasteiger charge is -2.25. The minimum atomic E-state index is -0.465. The quantitative estimate of drug-likeness (QED) is 0.532. The molecule has 1 unspecified atom stereocenters. The Balaban J connectivity index is 2.98. The first-order chi connectivity index (χ1) is 4.90. The van der Waals surface area contributed by atoms with E-state index in [1.165, 1.54) is 5.57 Å². The third kappa shape index (κ3) is 1.29. The molecule has 2 nitrogen and oxygen atoms in total. The highest BCUT2D eigenvalue weighted by atomic mass is 15.1. The highest BCUT2D eigenvalue weighted by Crippen LogP contribution is 2.28. The topological polar surface area (TPSA) is 35.8 Å². The fourth-order valence-corrected chi connectivity index (χ4v) is 1.46. The molecule has 0 spiro atoms. The van der Waals surface area contributed by atoms with Crippen LogP contribution in [0.4, 0.5) is 0 Å². The van der Waals surface area contributed by atoms with Gasteiger partial charge in [0.25, 0.3) is 0 Å². The van der Waals surface area contributed by atoms with Gasteiger partial charge in [-0.25, -0.2) is 0 Å². The van der Waals surface area contributed by atoms with E-state index < -0.39 is 5.54 Å². The predicted molar refractivity (Wildman–Crippen MR) is 45.0 cm³/mol. The van der Waals surface area contributed by atoms with Crippen molar-refractivity contribution < 1.29 is 0 Å². The van der Waals surface area contributed by atoms with Crippen molar-refractivity contribution >= 4 is 0 Å². The molecule has 11 heavy (non-hydrogen) atoms. The monoisotopic (exact) mass is 150 g/mol. The Labute approximate surface area is 67.9 Å². The summed E-state index contributed by atoms with van der Waals surface area (Å²) in [5, 5.41) is 12.1. The normalized spacial score (nSPS) is 34.6. The molecule has 0 fully saturated rings. The first-order valence-corrected chi connectivity index (χ1v) is 3.80. The van der Waals surface area contributed by atoms with Gasteiger partial charge in [0.1, 0.15) is 5.54 Å². The van der Waals surface area contributed by atoms with Crippen molar-refractivity contribution in [2.75, 3.05) is 0 Å². The van der Waals surface area contributed by atoms with Gasteiger partial charge >= 0.3 is 0 Å². The summed E-state index contributed by atoms with van der Waals surface area (Å²) in [6.07, 6.45) is 1.99. The molecule has 0 radical (unpaired) electrons. The Kier molecular flexibility index (Phi) is 1.57. The van der Waals surface area contributed by atoms with Crippen LogP contribution in [0.1, 0.15) is 27.7 Å². The van der Waals surface area contributed by atoms with Crippen molar-refractivity contribution in [3.05, 3.63) is 11.6 Å². The molecule has 0 aromatic heterocycles. The van der Waals surface area contributed by atoms with Crippen LogP contribution in [-0.4, -0.2) is 11.1 Å². The molecule has 60 valence electrons. The van der Waals surface area contributed by atoms with Gasteiger partial charge < -0.3 is 0 Å². The minimum absolute atomic E-state index is 0.0233. The summed E-state index contributed by atoms with van der Waals surface area (Å²) in [6.45, 7) is 8.11. The molecule has 1 heterocycles. The van der Waals surface area contributed by atoms with E-state index in [9.17, 15) is 0 Å². The number of rotatable bonds is 0. The summed E-state index contributed by atoms with van der Waals surface area (Å²) in [5.41, 5.74) is 0.750. The van der Waals surface area contributed by atoms with Crippen molar-refractivity contribution in [1.29, 1.82) is 5.26 Å². The van der Waals surface area contributed by atoms with Crippen LogP contribution in [0, 0.1) is 11.3 Å². The molecule has 1 aliphatic heterocycles. The van der Waals surface area contributed by atoms with Crippen LogP contribution in [0.2, 0.25) is 0 Å². The number of hydrogen-bond acceptors (Lipinski definition) is 2. The molecule has 1 rings (SSSR count). The Bertz CT molecular complexity index is 245. The Morgan fingerprint density at radius 1 is 1.45 bits per heavy atom. The second-order valence-corrected chi connectivity index (χ2v) is 3.89. The molecule has 0 aromatic carbocycles. The van der Waals surface area contributed by atoms with Gasteiger partial charge in [-0.3, -0.25) is 5.32 Å². The van der Waals surface area contributed by atoms with Gasteiger partial charge in [-0.2, -0.15) is 5.26 Å². The van der Waals surface area contributed by atoms with Crippen LogP contribution in [0.25, 0.3) is 0 Å². The molecule has 0 saturated heterocycles. The second-order valence-electron chi connectivity index (χ2n) is 3.89. The Hall–Kier alpha value is -0.810. The molecule has 1 aliphatic rings. The summed E-state index contributed by atoms with van der Waals surface area (Å²) in [6, 6.07) is 2.24. The molecule has 0 aliphatic carbocycles. The van der Waals surface area contributed by atoms with Crippen LogP contribution in [0.5, 0.6) is 0 Å². The zero-order valence-corrected chi connectivity index (χ0v) is 7.52. The van der Waals surface area contributed by atoms with E-state index in [4.69, 9.17) is 5.26 Å². The van der Waals surface area contributed by atoms with Crippen molar-refractivity contribution in [3.8, 4) is 6.07 Å². The molecule has 0 bridgehead atoms. The zero-order valence-electron chi connectivity index (χ0n) is 7.52. The molecular weight excluding hydrogens is 136 g/mol. The van der Waals surface area contributed by atoms with E-state index in [-0.39, 0.29) is 5.54 Å². The third-order valence-electron chi connectivity index (χ3n) is 2.30. The lowest BCUT2D eigenvalue weighted by atomic mass is 9.99. The number of hydrogen-bond donors (Lipinski definition) is 1. The van der Waals surface area contributed by atoms with Gasteiger partial charge in [-0.15, -0.1) is 0 Å². The summed E-state index contributed by atoms with van der Waals surface area (Å²) in [7, 11) is 0. The van der Waals surface area contributed by atoms with Gasteiger partial charge in [-0.05, 0) is 33.8 Å². The van der Waals surface area contributed by atoms with E-state index in [0.717, 1.165) is 0 Å². The van der Waals surface area contributed by atoms with Gasteiger partial charge in [0.05, 0.1) is 6.07 Å². The third-order valence-corrected chi connectivity index (χ3v) is 2.30. The highest BCUT2D eigenvalue weighted by molar-refractivity contribution is 5.35. The van der Waals surface area contributed by atoms with Crippen molar-refractivity contribution in [2.45, 2.75) is 38.8 Å². The summed E-state index contributed by atoms with van der Waals surface area (Å²) in [5.74, 6) is 0. The number of nitrogens with zero attached hydrogens (tertiary/aromatic N) is 1. The molecule has 0 aromatic rings. The van der Waals surface area contributed by atoms with Crippen LogP contribution < -0.4 is 5.32 Å². The van der Waals surface area contributed by atoms with E-state index in [1.54, 1.807) is 0 Å². The van der Waals surface area contributed by atoms with Crippen LogP contribution in [0.15, 0.2) is 11.6 Å². The maximum absolute atomic E-state index is 8.82. The zero-order chi connectivity index (χ0) is 8.70. The summed E-state index contributed by atoms with van der Waals surface area (Å²) >= 11 is 0. The van der Waals surface area contributed by atoms with E-state index in [2.05, 4.69) is 32.2 Å². The van der Waals surface area contributed by atoms with Crippen LogP contribution in [0.3, 0.4) is 0 Å². The summed E-state index contributed by atoms with van der Waals surface area (Å²) in [4.78, 5) is 0. The van der Waals surface area contributed by atoms with Crippen molar-refractivity contribution in [3.63, 3.8) is 0 Å². The molecular formula is C9H14N2. The lowest BCUT2D eigenvalue weighted by molar-refractivity contribution is 0.420.